The van der Waals surface area contributed by atoms with Crippen LogP contribution >= 0.6 is 0 Å². The molecule has 0 aliphatic rings. The maximum Gasteiger partial charge on any atom is 0.254 e. The van der Waals surface area contributed by atoms with Crippen LogP contribution in [-0.2, 0) is 0 Å². The number of fused-ring (bicyclic) bond motifs is 1. The number of rotatable bonds is 6. The molecular formula is C21H22N2O3. The number of aryl methyl sites for hydroxylation is 1. The third kappa shape index (κ3) is 3.94. The summed E-state index contributed by atoms with van der Waals surface area (Å²) in [5.41, 5.74) is 2.33. The number of ether oxygens (including phenoxy) is 2. The molecule has 1 amide bonds. The number of nitrogens with zero attached hydrogens (tertiary/aromatic N) is 2. The number of hydrogen-bond donors (Lipinski definition) is 0. The Labute approximate surface area is 153 Å². The molecule has 3 aromatic rings. The van der Waals surface area contributed by atoms with Gasteiger partial charge in [0.2, 0.25) is 0 Å². The van der Waals surface area contributed by atoms with Crippen molar-refractivity contribution in [2.75, 3.05) is 27.3 Å². The Morgan fingerprint density at radius 2 is 1.77 bits per heavy atom. The molecule has 0 fully saturated rings. The summed E-state index contributed by atoms with van der Waals surface area (Å²) >= 11 is 0. The normalized spacial score (nSPS) is 10.6. The predicted octanol–water partition coefficient (Wildman–Crippen LogP) is 3.70. The monoisotopic (exact) mass is 350 g/mol. The second kappa shape index (κ2) is 7.87. The van der Waals surface area contributed by atoms with Crippen LogP contribution in [0.15, 0.2) is 54.6 Å². The molecule has 1 aromatic heterocycles. The Morgan fingerprint density at radius 3 is 2.50 bits per heavy atom. The number of hydrogen-bond acceptors (Lipinski definition) is 4. The summed E-state index contributed by atoms with van der Waals surface area (Å²) in [6, 6.07) is 16.9. The molecule has 5 heteroatoms. The molecule has 0 bridgehead atoms. The van der Waals surface area contributed by atoms with Crippen LogP contribution < -0.4 is 9.47 Å². The fourth-order valence-corrected chi connectivity index (χ4v) is 2.76. The van der Waals surface area contributed by atoms with E-state index in [1.54, 1.807) is 19.1 Å². The van der Waals surface area contributed by atoms with Gasteiger partial charge in [0, 0.05) is 18.1 Å². The number of methoxy groups -OCH3 is 1. The molecule has 3 rings (SSSR count). The van der Waals surface area contributed by atoms with Crippen LogP contribution in [0.3, 0.4) is 0 Å². The van der Waals surface area contributed by atoms with Gasteiger partial charge in [0.05, 0.1) is 24.7 Å². The summed E-state index contributed by atoms with van der Waals surface area (Å²) in [6.45, 7) is 2.80. The lowest BCUT2D eigenvalue weighted by atomic mass is 10.1. The highest BCUT2D eigenvalue weighted by Gasteiger charge is 2.16. The molecule has 0 aliphatic heterocycles. The minimum atomic E-state index is -0.0370. The number of pyridine rings is 1. The van der Waals surface area contributed by atoms with Gasteiger partial charge in [-0.05, 0) is 43.3 Å². The van der Waals surface area contributed by atoms with Gasteiger partial charge in [-0.1, -0.05) is 18.2 Å². The average Bonchev–Trinajstić information content (AvgIpc) is 2.67. The summed E-state index contributed by atoms with van der Waals surface area (Å²) in [5.74, 6) is 1.49. The van der Waals surface area contributed by atoms with Crippen molar-refractivity contribution >= 4 is 16.8 Å². The molecule has 0 N–H and O–H groups in total. The Hall–Kier alpha value is -3.08. The Bertz CT molecular complexity index is 907. The van der Waals surface area contributed by atoms with Gasteiger partial charge in [-0.3, -0.25) is 9.78 Å². The van der Waals surface area contributed by atoms with E-state index in [0.717, 1.165) is 28.1 Å². The van der Waals surface area contributed by atoms with Crippen LogP contribution in [0.25, 0.3) is 10.9 Å². The standard InChI is InChI=1S/C21H22N2O3/c1-15-14-19(18-6-4-5-7-20(18)22-15)21(24)23(2)12-13-26-17-10-8-16(25-3)9-11-17/h4-11,14H,12-13H2,1-3H3. The average molecular weight is 350 g/mol. The van der Waals surface area contributed by atoms with E-state index in [1.165, 1.54) is 0 Å². The number of aromatic nitrogens is 1. The van der Waals surface area contributed by atoms with Crippen LogP contribution in [0.5, 0.6) is 11.5 Å². The Kier molecular flexibility index (Phi) is 5.37. The van der Waals surface area contributed by atoms with Crippen LogP contribution in [0.2, 0.25) is 0 Å². The SMILES string of the molecule is COc1ccc(OCCN(C)C(=O)c2cc(C)nc3ccccc23)cc1. The highest BCUT2D eigenvalue weighted by atomic mass is 16.5. The number of carbonyl (C=O) groups excluding carboxylic acids is 1. The van der Waals surface area contributed by atoms with Gasteiger partial charge >= 0.3 is 0 Å². The molecule has 134 valence electrons. The lowest BCUT2D eigenvalue weighted by Gasteiger charge is -2.19. The Balaban J connectivity index is 1.66. The summed E-state index contributed by atoms with van der Waals surface area (Å²) in [4.78, 5) is 19.0. The van der Waals surface area contributed by atoms with E-state index in [1.807, 2.05) is 61.5 Å². The van der Waals surface area contributed by atoms with E-state index in [-0.39, 0.29) is 5.91 Å². The smallest absolute Gasteiger partial charge is 0.254 e. The lowest BCUT2D eigenvalue weighted by molar-refractivity contribution is 0.0775. The first-order valence-electron chi connectivity index (χ1n) is 8.47. The van der Waals surface area contributed by atoms with Crippen molar-refractivity contribution in [1.29, 1.82) is 0 Å². The van der Waals surface area contributed by atoms with Gasteiger partial charge in [-0.25, -0.2) is 0 Å². The van der Waals surface area contributed by atoms with E-state index >= 15 is 0 Å². The van der Waals surface area contributed by atoms with Crippen LogP contribution in [0.1, 0.15) is 16.1 Å². The van der Waals surface area contributed by atoms with Crippen molar-refractivity contribution in [2.24, 2.45) is 0 Å². The summed E-state index contributed by atoms with van der Waals surface area (Å²) in [5, 5.41) is 0.867. The summed E-state index contributed by atoms with van der Waals surface area (Å²) in [6.07, 6.45) is 0. The molecule has 2 aromatic carbocycles. The minimum Gasteiger partial charge on any atom is -0.497 e. The maximum absolute atomic E-state index is 12.9. The van der Waals surface area contributed by atoms with Gasteiger partial charge in [0.1, 0.15) is 18.1 Å². The van der Waals surface area contributed by atoms with E-state index in [9.17, 15) is 4.79 Å². The minimum absolute atomic E-state index is 0.0370. The number of para-hydroxylation sites is 1. The first-order chi connectivity index (χ1) is 12.6. The summed E-state index contributed by atoms with van der Waals surface area (Å²) in [7, 11) is 3.41. The fourth-order valence-electron chi connectivity index (χ4n) is 2.76. The molecule has 0 unspecified atom stereocenters. The van der Waals surface area contributed by atoms with E-state index < -0.39 is 0 Å². The van der Waals surface area contributed by atoms with E-state index in [4.69, 9.17) is 9.47 Å². The van der Waals surface area contributed by atoms with Crippen molar-refractivity contribution in [1.82, 2.24) is 9.88 Å². The van der Waals surface area contributed by atoms with Crippen LogP contribution in [-0.4, -0.2) is 43.1 Å². The van der Waals surface area contributed by atoms with Crippen molar-refractivity contribution in [3.05, 3.63) is 65.9 Å². The zero-order valence-corrected chi connectivity index (χ0v) is 15.2. The topological polar surface area (TPSA) is 51.7 Å². The molecule has 0 spiro atoms. The molecular weight excluding hydrogens is 328 g/mol. The predicted molar refractivity (Wildman–Crippen MR) is 102 cm³/mol. The highest BCUT2D eigenvalue weighted by molar-refractivity contribution is 6.06. The number of benzene rings is 2. The van der Waals surface area contributed by atoms with Crippen molar-refractivity contribution in [2.45, 2.75) is 6.92 Å². The third-order valence-electron chi connectivity index (χ3n) is 4.18. The summed E-state index contributed by atoms with van der Waals surface area (Å²) < 4.78 is 10.8. The van der Waals surface area contributed by atoms with Gasteiger partial charge < -0.3 is 14.4 Å². The van der Waals surface area contributed by atoms with Crippen molar-refractivity contribution < 1.29 is 14.3 Å². The quantitative estimate of drug-likeness (QED) is 0.680. The van der Waals surface area contributed by atoms with Crippen LogP contribution in [0.4, 0.5) is 0 Å². The number of amides is 1. The van der Waals surface area contributed by atoms with Gasteiger partial charge in [-0.15, -0.1) is 0 Å². The molecule has 5 nitrogen and oxygen atoms in total. The molecule has 0 aliphatic carbocycles. The van der Waals surface area contributed by atoms with Gasteiger partial charge in [-0.2, -0.15) is 0 Å². The second-order valence-electron chi connectivity index (χ2n) is 6.08. The maximum atomic E-state index is 12.9. The zero-order chi connectivity index (χ0) is 18.5. The molecule has 0 radical (unpaired) electrons. The zero-order valence-electron chi connectivity index (χ0n) is 15.2. The van der Waals surface area contributed by atoms with Gasteiger partial charge in [0.15, 0.2) is 0 Å². The third-order valence-corrected chi connectivity index (χ3v) is 4.18. The van der Waals surface area contributed by atoms with E-state index in [2.05, 4.69) is 4.98 Å². The highest BCUT2D eigenvalue weighted by Crippen LogP contribution is 2.20. The molecule has 1 heterocycles. The van der Waals surface area contributed by atoms with Crippen molar-refractivity contribution in [3.63, 3.8) is 0 Å². The molecule has 0 saturated carbocycles. The molecule has 26 heavy (non-hydrogen) atoms. The van der Waals surface area contributed by atoms with Crippen LogP contribution in [0, 0.1) is 6.92 Å². The van der Waals surface area contributed by atoms with E-state index in [0.29, 0.717) is 18.7 Å². The molecule has 0 atom stereocenters. The Morgan fingerprint density at radius 1 is 1.08 bits per heavy atom. The fraction of sp³-hybridized carbons (Fsp3) is 0.238. The first kappa shape index (κ1) is 17.7. The first-order valence-corrected chi connectivity index (χ1v) is 8.47. The largest absolute Gasteiger partial charge is 0.497 e. The lowest BCUT2D eigenvalue weighted by Crippen LogP contribution is -2.31. The van der Waals surface area contributed by atoms with Gasteiger partial charge in [0.25, 0.3) is 5.91 Å². The molecule has 0 saturated heterocycles. The number of carbonyl (C=O) groups is 1. The van der Waals surface area contributed by atoms with Crippen molar-refractivity contribution in [3.8, 4) is 11.5 Å². The number of likely N-dealkylation sites (N-methyl/N-ethyl adjacent to an activating group) is 1. The second-order valence-corrected chi connectivity index (χ2v) is 6.08.